The molecule has 0 amide bonds. The van der Waals surface area contributed by atoms with Gasteiger partial charge >= 0.3 is 0 Å². The minimum atomic E-state index is -0.272. The van der Waals surface area contributed by atoms with Crippen molar-refractivity contribution in [2.24, 2.45) is 13.0 Å². The molecule has 3 rings (SSSR count). The molecule has 7 heteroatoms. The predicted molar refractivity (Wildman–Crippen MR) is 104 cm³/mol. The molecule has 6 nitrogen and oxygen atoms in total. The Morgan fingerprint density at radius 2 is 1.96 bits per heavy atom. The minimum Gasteiger partial charge on any atom is -0.497 e. The van der Waals surface area contributed by atoms with E-state index >= 15 is 0 Å². The highest BCUT2D eigenvalue weighted by molar-refractivity contribution is 6.32. The Morgan fingerprint density at radius 3 is 2.62 bits per heavy atom. The molecule has 1 saturated heterocycles. The Bertz CT molecular complexity index is 783. The van der Waals surface area contributed by atoms with Gasteiger partial charge in [-0.25, -0.2) is 4.68 Å². The van der Waals surface area contributed by atoms with Crippen molar-refractivity contribution in [2.45, 2.75) is 19.4 Å². The van der Waals surface area contributed by atoms with Gasteiger partial charge in [0.25, 0.3) is 5.56 Å². The summed E-state index contributed by atoms with van der Waals surface area (Å²) in [6.07, 6.45) is 3.86. The van der Waals surface area contributed by atoms with Crippen LogP contribution in [0, 0.1) is 5.92 Å². The lowest BCUT2D eigenvalue weighted by atomic mass is 9.96. The Labute approximate surface area is 158 Å². The summed E-state index contributed by atoms with van der Waals surface area (Å²) < 4.78 is 6.44. The first-order valence-electron chi connectivity index (χ1n) is 8.88. The molecule has 1 aromatic heterocycles. The van der Waals surface area contributed by atoms with Crippen LogP contribution in [-0.2, 0) is 13.6 Å². The van der Waals surface area contributed by atoms with Crippen LogP contribution >= 0.6 is 11.6 Å². The summed E-state index contributed by atoms with van der Waals surface area (Å²) in [7, 11) is 3.28. The number of anilines is 1. The molecule has 26 heavy (non-hydrogen) atoms. The zero-order chi connectivity index (χ0) is 18.5. The number of likely N-dealkylation sites (tertiary alicyclic amines) is 1. The summed E-state index contributed by atoms with van der Waals surface area (Å²) in [6.45, 7) is 3.92. The number of benzene rings is 1. The molecule has 0 saturated carbocycles. The summed E-state index contributed by atoms with van der Waals surface area (Å²) in [5.41, 5.74) is 1.65. The van der Waals surface area contributed by atoms with E-state index in [2.05, 4.69) is 27.4 Å². The lowest BCUT2D eigenvalue weighted by molar-refractivity contribution is 0.182. The van der Waals surface area contributed by atoms with Gasteiger partial charge in [-0.15, -0.1) is 0 Å². The third-order valence-corrected chi connectivity index (χ3v) is 5.30. The number of nitrogens with zero attached hydrogens (tertiary/aromatic N) is 3. The largest absolute Gasteiger partial charge is 0.497 e. The highest BCUT2D eigenvalue weighted by Gasteiger charge is 2.19. The van der Waals surface area contributed by atoms with E-state index in [1.54, 1.807) is 20.4 Å². The van der Waals surface area contributed by atoms with Crippen molar-refractivity contribution in [2.75, 3.05) is 32.1 Å². The molecule has 0 aliphatic carbocycles. The molecule has 0 unspecified atom stereocenters. The Morgan fingerprint density at radius 1 is 1.27 bits per heavy atom. The van der Waals surface area contributed by atoms with Crippen molar-refractivity contribution in [3.8, 4) is 5.75 Å². The number of aromatic nitrogens is 2. The summed E-state index contributed by atoms with van der Waals surface area (Å²) in [5.74, 6) is 1.46. The van der Waals surface area contributed by atoms with Gasteiger partial charge in [0.1, 0.15) is 10.8 Å². The fraction of sp³-hybridized carbons (Fsp3) is 0.474. The van der Waals surface area contributed by atoms with Gasteiger partial charge in [0.15, 0.2) is 0 Å². The van der Waals surface area contributed by atoms with E-state index in [9.17, 15) is 4.79 Å². The van der Waals surface area contributed by atoms with Crippen molar-refractivity contribution < 1.29 is 4.74 Å². The molecular weight excluding hydrogens is 352 g/mol. The lowest BCUT2D eigenvalue weighted by Crippen LogP contribution is -2.35. The molecule has 1 aliphatic heterocycles. The number of rotatable bonds is 6. The number of piperidine rings is 1. The first kappa shape index (κ1) is 18.7. The molecule has 0 radical (unpaired) electrons. The summed E-state index contributed by atoms with van der Waals surface area (Å²) in [6, 6.07) is 8.26. The molecule has 2 heterocycles. The summed E-state index contributed by atoms with van der Waals surface area (Å²) in [4.78, 5) is 14.3. The van der Waals surface area contributed by atoms with Crippen LogP contribution in [0.2, 0.25) is 5.02 Å². The Balaban J connectivity index is 1.46. The lowest BCUT2D eigenvalue weighted by Gasteiger charge is -2.32. The van der Waals surface area contributed by atoms with Crippen LogP contribution in [0.1, 0.15) is 18.4 Å². The highest BCUT2D eigenvalue weighted by atomic mass is 35.5. The van der Waals surface area contributed by atoms with Gasteiger partial charge in [0, 0.05) is 20.1 Å². The molecule has 1 aliphatic rings. The van der Waals surface area contributed by atoms with E-state index in [0.29, 0.717) is 11.6 Å². The Hall–Kier alpha value is -2.05. The number of aryl methyl sites for hydroxylation is 1. The number of nitrogens with one attached hydrogen (secondary N) is 1. The predicted octanol–water partition coefficient (Wildman–Crippen LogP) is 2.77. The highest BCUT2D eigenvalue weighted by Crippen LogP contribution is 2.22. The molecule has 0 bridgehead atoms. The summed E-state index contributed by atoms with van der Waals surface area (Å²) >= 11 is 6.10. The monoisotopic (exact) mass is 376 g/mol. The molecule has 2 aromatic rings. The van der Waals surface area contributed by atoms with Crippen molar-refractivity contribution in [3.05, 3.63) is 51.4 Å². The normalized spacial score (nSPS) is 15.8. The van der Waals surface area contributed by atoms with Gasteiger partial charge in [-0.3, -0.25) is 9.69 Å². The third kappa shape index (κ3) is 4.56. The SMILES string of the molecule is COc1ccc(CN2CCC(CNc3cnn(C)c(=O)c3Cl)CC2)cc1. The second-order valence-electron chi connectivity index (χ2n) is 6.75. The van der Waals surface area contributed by atoms with Crippen LogP contribution in [0.3, 0.4) is 0 Å². The van der Waals surface area contributed by atoms with Crippen LogP contribution in [0.15, 0.2) is 35.3 Å². The molecular formula is C19H25ClN4O2. The maximum absolute atomic E-state index is 11.8. The van der Waals surface area contributed by atoms with Gasteiger partial charge in [0.05, 0.1) is 19.0 Å². The fourth-order valence-corrected chi connectivity index (χ4v) is 3.46. The number of methoxy groups -OCH3 is 1. The van der Waals surface area contributed by atoms with Crippen molar-refractivity contribution in [3.63, 3.8) is 0 Å². The second kappa shape index (κ2) is 8.56. The smallest absolute Gasteiger partial charge is 0.287 e. The number of halogens is 1. The van der Waals surface area contributed by atoms with Crippen molar-refractivity contribution in [1.29, 1.82) is 0 Å². The average molecular weight is 377 g/mol. The van der Waals surface area contributed by atoms with Crippen LogP contribution in [0.5, 0.6) is 5.75 Å². The molecule has 0 atom stereocenters. The quantitative estimate of drug-likeness (QED) is 0.840. The minimum absolute atomic E-state index is 0.208. The number of hydrogen-bond donors (Lipinski definition) is 1. The Kier molecular flexibility index (Phi) is 6.16. The number of hydrogen-bond acceptors (Lipinski definition) is 5. The van der Waals surface area contributed by atoms with Gasteiger partial charge in [-0.1, -0.05) is 23.7 Å². The molecule has 1 fully saturated rings. The first-order chi connectivity index (χ1) is 12.6. The standard InChI is InChI=1S/C19H25ClN4O2/c1-23-19(25)18(20)17(12-22-23)21-11-14-7-9-24(10-8-14)13-15-3-5-16(26-2)6-4-15/h3-6,12,14,21H,7-11,13H2,1-2H3. The van der Waals surface area contributed by atoms with Crippen LogP contribution in [-0.4, -0.2) is 41.4 Å². The van der Waals surface area contributed by atoms with Gasteiger partial charge < -0.3 is 10.1 Å². The zero-order valence-corrected chi connectivity index (χ0v) is 16.0. The molecule has 1 aromatic carbocycles. The first-order valence-corrected chi connectivity index (χ1v) is 9.25. The van der Waals surface area contributed by atoms with E-state index in [-0.39, 0.29) is 10.6 Å². The zero-order valence-electron chi connectivity index (χ0n) is 15.2. The van der Waals surface area contributed by atoms with Crippen molar-refractivity contribution in [1.82, 2.24) is 14.7 Å². The van der Waals surface area contributed by atoms with E-state index in [1.165, 1.54) is 10.2 Å². The molecule has 140 valence electrons. The van der Waals surface area contributed by atoms with Crippen molar-refractivity contribution >= 4 is 17.3 Å². The van der Waals surface area contributed by atoms with E-state index in [4.69, 9.17) is 16.3 Å². The molecule has 1 N–H and O–H groups in total. The van der Waals surface area contributed by atoms with Gasteiger partial charge in [-0.05, 0) is 49.5 Å². The fourth-order valence-electron chi connectivity index (χ4n) is 3.23. The maximum atomic E-state index is 11.8. The van der Waals surface area contributed by atoms with E-state index < -0.39 is 0 Å². The molecule has 0 spiro atoms. The van der Waals surface area contributed by atoms with Crippen LogP contribution < -0.4 is 15.6 Å². The summed E-state index contributed by atoms with van der Waals surface area (Å²) in [5, 5.41) is 7.51. The number of ether oxygens (including phenoxy) is 1. The second-order valence-corrected chi connectivity index (χ2v) is 7.13. The van der Waals surface area contributed by atoms with Gasteiger partial charge in [0.2, 0.25) is 0 Å². The maximum Gasteiger partial charge on any atom is 0.287 e. The van der Waals surface area contributed by atoms with Gasteiger partial charge in [-0.2, -0.15) is 5.10 Å². The van der Waals surface area contributed by atoms with Crippen LogP contribution in [0.4, 0.5) is 5.69 Å². The average Bonchev–Trinajstić information content (AvgIpc) is 2.67. The topological polar surface area (TPSA) is 59.4 Å². The van der Waals surface area contributed by atoms with Crippen LogP contribution in [0.25, 0.3) is 0 Å². The van der Waals surface area contributed by atoms with E-state index in [1.807, 2.05) is 12.1 Å². The van der Waals surface area contributed by atoms with E-state index in [0.717, 1.165) is 44.8 Å². The third-order valence-electron chi connectivity index (χ3n) is 4.93.